The fraction of sp³-hybridized carbons (Fsp3) is 0.458. The quantitative estimate of drug-likeness (QED) is 0.601. The van der Waals surface area contributed by atoms with Crippen LogP contribution in [0.3, 0.4) is 0 Å². The Morgan fingerprint density at radius 3 is 2.55 bits per heavy atom. The van der Waals surface area contributed by atoms with Crippen molar-refractivity contribution in [3.8, 4) is 11.5 Å². The van der Waals surface area contributed by atoms with Crippen LogP contribution in [0.5, 0.6) is 11.5 Å². The standard InChI is InChI=1S/C24H30FNO3/c1-5-6-7-17(2)16-26-10-8-24(25,9-11-26)15-19-12-18-13-21(28-3)22(29-4)14-20(18)23(19)27/h5-7,13-14,19H,1-2,8-12,15-16H2,3-4H3/b7-6-. The molecule has 1 unspecified atom stereocenters. The van der Waals surface area contributed by atoms with Crippen LogP contribution in [-0.2, 0) is 6.42 Å². The second-order valence-electron chi connectivity index (χ2n) is 8.01. The van der Waals surface area contributed by atoms with Crippen LogP contribution in [0.4, 0.5) is 4.39 Å². The smallest absolute Gasteiger partial charge is 0.166 e. The number of piperidine rings is 1. The summed E-state index contributed by atoms with van der Waals surface area (Å²) in [5, 5.41) is 0. The van der Waals surface area contributed by atoms with Gasteiger partial charge in [-0.05, 0) is 49.0 Å². The first kappa shape index (κ1) is 21.3. The Bertz CT molecular complexity index is 822. The van der Waals surface area contributed by atoms with Gasteiger partial charge in [0.2, 0.25) is 0 Å². The molecule has 156 valence electrons. The number of methoxy groups -OCH3 is 2. The number of ether oxygens (including phenoxy) is 2. The van der Waals surface area contributed by atoms with E-state index in [0.29, 0.717) is 49.4 Å². The molecule has 0 radical (unpaired) electrons. The molecule has 5 heteroatoms. The monoisotopic (exact) mass is 399 g/mol. The Morgan fingerprint density at radius 1 is 1.28 bits per heavy atom. The molecule has 1 aromatic rings. The molecule has 1 aliphatic heterocycles. The van der Waals surface area contributed by atoms with Crippen molar-refractivity contribution in [3.63, 3.8) is 0 Å². The van der Waals surface area contributed by atoms with Crippen molar-refractivity contribution in [2.45, 2.75) is 31.4 Å². The number of hydrogen-bond acceptors (Lipinski definition) is 4. The zero-order valence-corrected chi connectivity index (χ0v) is 17.4. The second-order valence-corrected chi connectivity index (χ2v) is 8.01. The largest absolute Gasteiger partial charge is 0.493 e. The van der Waals surface area contributed by atoms with Gasteiger partial charge in [0.1, 0.15) is 5.67 Å². The second kappa shape index (κ2) is 8.95. The van der Waals surface area contributed by atoms with Gasteiger partial charge in [0.15, 0.2) is 17.3 Å². The Morgan fingerprint density at radius 2 is 1.93 bits per heavy atom. The van der Waals surface area contributed by atoms with E-state index in [-0.39, 0.29) is 18.1 Å². The zero-order valence-electron chi connectivity index (χ0n) is 17.4. The molecule has 4 nitrogen and oxygen atoms in total. The van der Waals surface area contributed by atoms with Gasteiger partial charge in [0.05, 0.1) is 14.2 Å². The van der Waals surface area contributed by atoms with Crippen LogP contribution in [0, 0.1) is 5.92 Å². The summed E-state index contributed by atoms with van der Waals surface area (Å²) >= 11 is 0. The van der Waals surface area contributed by atoms with Crippen LogP contribution in [0.2, 0.25) is 0 Å². The molecule has 0 amide bonds. The van der Waals surface area contributed by atoms with Crippen molar-refractivity contribution in [1.29, 1.82) is 0 Å². The van der Waals surface area contributed by atoms with Gasteiger partial charge in [0, 0.05) is 31.1 Å². The molecule has 0 aromatic heterocycles. The van der Waals surface area contributed by atoms with Crippen molar-refractivity contribution >= 4 is 5.78 Å². The highest BCUT2D eigenvalue weighted by Crippen LogP contribution is 2.41. The third-order valence-corrected chi connectivity index (χ3v) is 5.97. The maximum absolute atomic E-state index is 15.5. The van der Waals surface area contributed by atoms with Gasteiger partial charge in [0.25, 0.3) is 0 Å². The molecular weight excluding hydrogens is 369 g/mol. The highest BCUT2D eigenvalue weighted by Gasteiger charge is 2.41. The van der Waals surface area contributed by atoms with Crippen molar-refractivity contribution in [3.05, 3.63) is 60.2 Å². The van der Waals surface area contributed by atoms with E-state index in [4.69, 9.17) is 9.47 Å². The van der Waals surface area contributed by atoms with Crippen LogP contribution < -0.4 is 9.47 Å². The average Bonchev–Trinajstić information content (AvgIpc) is 3.01. The van der Waals surface area contributed by atoms with Gasteiger partial charge in [-0.3, -0.25) is 9.69 Å². The van der Waals surface area contributed by atoms with E-state index < -0.39 is 5.67 Å². The highest BCUT2D eigenvalue weighted by molar-refractivity contribution is 6.03. The predicted octanol–water partition coefficient (Wildman–Crippen LogP) is 4.55. The maximum atomic E-state index is 15.5. The molecule has 1 saturated heterocycles. The number of ketones is 1. The lowest BCUT2D eigenvalue weighted by Gasteiger charge is -2.37. The van der Waals surface area contributed by atoms with Crippen molar-refractivity contribution in [1.82, 2.24) is 4.90 Å². The first-order chi connectivity index (χ1) is 13.9. The average molecular weight is 400 g/mol. The van der Waals surface area contributed by atoms with E-state index in [1.807, 2.05) is 18.2 Å². The number of carbonyl (C=O) groups is 1. The Balaban J connectivity index is 1.61. The lowest BCUT2D eigenvalue weighted by atomic mass is 9.82. The topological polar surface area (TPSA) is 38.8 Å². The minimum absolute atomic E-state index is 0.0170. The van der Waals surface area contributed by atoms with Crippen molar-refractivity contribution in [2.75, 3.05) is 33.9 Å². The van der Waals surface area contributed by atoms with Gasteiger partial charge < -0.3 is 9.47 Å². The molecule has 0 saturated carbocycles. The van der Waals surface area contributed by atoms with Crippen LogP contribution in [0.25, 0.3) is 0 Å². The van der Waals surface area contributed by atoms with Gasteiger partial charge in [-0.2, -0.15) is 0 Å². The summed E-state index contributed by atoms with van der Waals surface area (Å²) in [5.41, 5.74) is 1.24. The molecule has 0 N–H and O–H groups in total. The number of Topliss-reactive ketones (excluding diaryl/α,β-unsaturated/α-hetero) is 1. The molecular formula is C24H30FNO3. The van der Waals surface area contributed by atoms with E-state index in [0.717, 1.165) is 17.7 Å². The Hall–Kier alpha value is -2.40. The summed E-state index contributed by atoms with van der Waals surface area (Å²) in [6, 6.07) is 3.58. The highest BCUT2D eigenvalue weighted by atomic mass is 19.1. The number of hydrogen-bond donors (Lipinski definition) is 0. The van der Waals surface area contributed by atoms with Crippen LogP contribution in [-0.4, -0.2) is 50.2 Å². The van der Waals surface area contributed by atoms with Gasteiger partial charge in [-0.25, -0.2) is 4.39 Å². The summed E-state index contributed by atoms with van der Waals surface area (Å²) in [4.78, 5) is 15.1. The molecule has 29 heavy (non-hydrogen) atoms. The molecule has 0 bridgehead atoms. The van der Waals surface area contributed by atoms with Crippen molar-refractivity contribution in [2.24, 2.45) is 5.92 Å². The number of likely N-dealkylation sites (tertiary alicyclic amines) is 1. The van der Waals surface area contributed by atoms with Crippen LogP contribution in [0.1, 0.15) is 35.2 Å². The van der Waals surface area contributed by atoms with E-state index in [1.165, 1.54) is 0 Å². The van der Waals surface area contributed by atoms with E-state index in [1.54, 1.807) is 26.4 Å². The normalized spacial score (nSPS) is 21.2. The van der Waals surface area contributed by atoms with Crippen LogP contribution in [0.15, 0.2) is 49.1 Å². The Kier molecular flexibility index (Phi) is 6.58. The molecule has 0 spiro atoms. The predicted molar refractivity (Wildman–Crippen MR) is 114 cm³/mol. The molecule has 1 fully saturated rings. The minimum Gasteiger partial charge on any atom is -0.493 e. The van der Waals surface area contributed by atoms with Gasteiger partial charge >= 0.3 is 0 Å². The fourth-order valence-corrected chi connectivity index (χ4v) is 4.36. The first-order valence-electron chi connectivity index (χ1n) is 10.1. The lowest BCUT2D eigenvalue weighted by molar-refractivity contribution is 0.0391. The number of rotatable bonds is 8. The Labute approximate surface area is 172 Å². The zero-order chi connectivity index (χ0) is 21.0. The summed E-state index contributed by atoms with van der Waals surface area (Å²) in [6.45, 7) is 9.76. The van der Waals surface area contributed by atoms with E-state index in [9.17, 15) is 4.79 Å². The first-order valence-corrected chi connectivity index (χ1v) is 10.1. The molecule has 2 aliphatic rings. The summed E-state index contributed by atoms with van der Waals surface area (Å²) in [7, 11) is 3.12. The molecule has 1 heterocycles. The number of alkyl halides is 1. The number of allylic oxidation sites excluding steroid dienone is 2. The minimum atomic E-state index is -1.30. The molecule has 1 aliphatic carbocycles. The maximum Gasteiger partial charge on any atom is 0.166 e. The number of carbonyl (C=O) groups excluding carboxylic acids is 1. The number of halogens is 1. The third-order valence-electron chi connectivity index (χ3n) is 5.97. The summed E-state index contributed by atoms with van der Waals surface area (Å²) in [5.74, 6) is 0.843. The molecule has 3 rings (SSSR count). The molecule has 1 aromatic carbocycles. The SMILES string of the molecule is C=C/C=C\C(=C)CN1CCC(F)(CC2Cc3cc(OC)c(OC)cc3C2=O)CC1. The summed E-state index contributed by atoms with van der Waals surface area (Å²) < 4.78 is 26.2. The van der Waals surface area contributed by atoms with Gasteiger partial charge in [-0.1, -0.05) is 31.4 Å². The number of benzene rings is 1. The van der Waals surface area contributed by atoms with Crippen LogP contribution >= 0.6 is 0 Å². The molecule has 1 atom stereocenters. The van der Waals surface area contributed by atoms with E-state index in [2.05, 4.69) is 18.1 Å². The van der Waals surface area contributed by atoms with E-state index >= 15 is 4.39 Å². The van der Waals surface area contributed by atoms with Gasteiger partial charge in [-0.15, -0.1) is 0 Å². The fourth-order valence-electron chi connectivity index (χ4n) is 4.36. The third kappa shape index (κ3) is 4.78. The number of fused-ring (bicyclic) bond motifs is 1. The number of nitrogens with zero attached hydrogens (tertiary/aromatic N) is 1. The summed E-state index contributed by atoms with van der Waals surface area (Å²) in [6.07, 6.45) is 7.23. The van der Waals surface area contributed by atoms with Crippen molar-refractivity contribution < 1.29 is 18.7 Å². The lowest BCUT2D eigenvalue weighted by Crippen LogP contribution is -2.43.